The summed E-state index contributed by atoms with van der Waals surface area (Å²) in [5.74, 6) is 0. The van der Waals surface area contributed by atoms with Crippen LogP contribution in [0.25, 0.3) is 0 Å². The topological polar surface area (TPSA) is 69.7 Å². The predicted molar refractivity (Wildman–Crippen MR) is 109 cm³/mol. The molecule has 0 spiro atoms. The lowest BCUT2D eigenvalue weighted by Gasteiger charge is -2.19. The van der Waals surface area contributed by atoms with Gasteiger partial charge < -0.3 is 10.2 Å². The molecule has 2 rings (SSSR count). The van der Waals surface area contributed by atoms with Gasteiger partial charge in [-0.15, -0.1) is 11.3 Å². The first kappa shape index (κ1) is 21.4. The van der Waals surface area contributed by atoms with E-state index < -0.39 is 10.0 Å². The van der Waals surface area contributed by atoms with Crippen LogP contribution in [0.5, 0.6) is 0 Å². The van der Waals surface area contributed by atoms with E-state index in [1.54, 1.807) is 24.1 Å². The van der Waals surface area contributed by atoms with E-state index in [9.17, 15) is 13.2 Å². The number of nitrogens with one attached hydrogen (secondary N) is 1. The minimum atomic E-state index is -3.45. The third kappa shape index (κ3) is 5.31. The molecule has 0 aliphatic carbocycles. The Kier molecular flexibility index (Phi) is 7.41. The van der Waals surface area contributed by atoms with Crippen LogP contribution >= 0.6 is 11.3 Å². The molecular weight excluding hydrogens is 382 g/mol. The second kappa shape index (κ2) is 9.34. The van der Waals surface area contributed by atoms with Crippen LogP contribution in [0.3, 0.4) is 0 Å². The van der Waals surface area contributed by atoms with Crippen molar-refractivity contribution in [1.29, 1.82) is 0 Å². The average Bonchev–Trinajstić information content (AvgIpc) is 3.12. The number of aryl methyl sites for hydroxylation is 1. The molecule has 0 fully saturated rings. The Morgan fingerprint density at radius 3 is 2.41 bits per heavy atom. The zero-order valence-electron chi connectivity index (χ0n) is 16.2. The highest BCUT2D eigenvalue weighted by Crippen LogP contribution is 2.24. The number of benzene rings is 1. The van der Waals surface area contributed by atoms with Crippen molar-refractivity contribution in [1.82, 2.24) is 14.5 Å². The lowest BCUT2D eigenvalue weighted by Crippen LogP contribution is -2.36. The molecule has 8 heteroatoms. The molecular formula is C19H27N3O3S2. The summed E-state index contributed by atoms with van der Waals surface area (Å²) in [4.78, 5) is 14.7. The molecule has 0 aliphatic heterocycles. The van der Waals surface area contributed by atoms with Crippen LogP contribution in [0, 0.1) is 6.92 Å². The zero-order valence-corrected chi connectivity index (χ0v) is 17.9. The van der Waals surface area contributed by atoms with Crippen molar-refractivity contribution in [3.8, 4) is 0 Å². The van der Waals surface area contributed by atoms with Crippen LogP contribution in [-0.2, 0) is 23.1 Å². The number of thiophene rings is 1. The molecule has 148 valence electrons. The Morgan fingerprint density at radius 2 is 1.78 bits per heavy atom. The van der Waals surface area contributed by atoms with Gasteiger partial charge in [-0.1, -0.05) is 38.1 Å². The van der Waals surface area contributed by atoms with Gasteiger partial charge in [0.05, 0.1) is 6.54 Å². The summed E-state index contributed by atoms with van der Waals surface area (Å²) in [6.45, 7) is 7.35. The normalized spacial score (nSPS) is 11.6. The van der Waals surface area contributed by atoms with Crippen molar-refractivity contribution in [2.75, 3.05) is 20.1 Å². The molecule has 1 N–H and O–H groups in total. The first-order valence-electron chi connectivity index (χ1n) is 8.91. The number of hydrogen-bond acceptors (Lipinski definition) is 4. The van der Waals surface area contributed by atoms with E-state index in [0.717, 1.165) is 16.0 Å². The third-order valence-electron chi connectivity index (χ3n) is 4.37. The van der Waals surface area contributed by atoms with Crippen LogP contribution < -0.4 is 5.32 Å². The Bertz CT molecular complexity index is 874. The van der Waals surface area contributed by atoms with Crippen molar-refractivity contribution in [2.45, 2.75) is 38.1 Å². The van der Waals surface area contributed by atoms with Gasteiger partial charge in [0.2, 0.25) is 0 Å². The third-order valence-corrected chi connectivity index (χ3v) is 7.97. The monoisotopic (exact) mass is 409 g/mol. The van der Waals surface area contributed by atoms with Gasteiger partial charge >= 0.3 is 6.03 Å². The minimum Gasteiger partial charge on any atom is -0.333 e. The lowest BCUT2D eigenvalue weighted by molar-refractivity contribution is 0.206. The van der Waals surface area contributed by atoms with Crippen LogP contribution in [0.15, 0.2) is 40.6 Å². The highest BCUT2D eigenvalue weighted by molar-refractivity contribution is 7.91. The molecule has 0 atom stereocenters. The molecule has 0 aliphatic rings. The molecule has 0 bridgehead atoms. The summed E-state index contributed by atoms with van der Waals surface area (Å²) in [5, 5.41) is 2.85. The van der Waals surface area contributed by atoms with Gasteiger partial charge in [-0.3, -0.25) is 0 Å². The van der Waals surface area contributed by atoms with E-state index >= 15 is 0 Å². The van der Waals surface area contributed by atoms with Gasteiger partial charge in [0.1, 0.15) is 4.21 Å². The van der Waals surface area contributed by atoms with E-state index in [4.69, 9.17) is 0 Å². The Labute approximate surface area is 165 Å². The molecule has 1 aromatic carbocycles. The smallest absolute Gasteiger partial charge is 0.317 e. The van der Waals surface area contributed by atoms with E-state index in [1.807, 2.05) is 45.0 Å². The van der Waals surface area contributed by atoms with Crippen molar-refractivity contribution in [2.24, 2.45) is 0 Å². The standard InChI is InChI=1S/C19H27N3O3S2/c1-5-22(6-2)27(24,25)18-12-11-17(26-18)13-20-19(23)21(4)14-16-10-8-7-9-15(16)3/h7-12H,5-6,13-14H2,1-4H3,(H,20,23). The van der Waals surface area contributed by atoms with Gasteiger partial charge in [-0.05, 0) is 30.2 Å². The highest BCUT2D eigenvalue weighted by Gasteiger charge is 2.23. The van der Waals surface area contributed by atoms with E-state index in [0.29, 0.717) is 30.4 Å². The Balaban J connectivity index is 1.96. The predicted octanol–water partition coefficient (Wildman–Crippen LogP) is 3.43. The number of carbonyl (C=O) groups is 1. The maximum atomic E-state index is 12.5. The molecule has 6 nitrogen and oxygen atoms in total. The van der Waals surface area contributed by atoms with Crippen LogP contribution in [0.1, 0.15) is 29.9 Å². The van der Waals surface area contributed by atoms with Crippen molar-refractivity contribution in [3.63, 3.8) is 0 Å². The molecule has 1 aromatic heterocycles. The molecule has 2 aromatic rings. The number of rotatable bonds is 8. The SMILES string of the molecule is CCN(CC)S(=O)(=O)c1ccc(CNC(=O)N(C)Cc2ccccc2C)s1. The summed E-state index contributed by atoms with van der Waals surface area (Å²) in [5.41, 5.74) is 2.24. The summed E-state index contributed by atoms with van der Waals surface area (Å²) in [7, 11) is -1.71. The van der Waals surface area contributed by atoms with Crippen molar-refractivity contribution >= 4 is 27.4 Å². The number of hydrogen-bond donors (Lipinski definition) is 1. The summed E-state index contributed by atoms with van der Waals surface area (Å²) in [6.07, 6.45) is 0. The maximum Gasteiger partial charge on any atom is 0.317 e. The maximum absolute atomic E-state index is 12.5. The minimum absolute atomic E-state index is 0.195. The van der Waals surface area contributed by atoms with Crippen LogP contribution in [0.4, 0.5) is 4.79 Å². The quantitative estimate of drug-likeness (QED) is 0.726. The number of amides is 2. The summed E-state index contributed by atoms with van der Waals surface area (Å²) in [6, 6.07) is 11.1. The second-order valence-corrected chi connectivity index (χ2v) is 9.58. The van der Waals surface area contributed by atoms with Crippen LogP contribution in [-0.4, -0.2) is 43.8 Å². The first-order valence-corrected chi connectivity index (χ1v) is 11.2. The van der Waals surface area contributed by atoms with E-state index in [-0.39, 0.29) is 6.03 Å². The largest absolute Gasteiger partial charge is 0.333 e. The van der Waals surface area contributed by atoms with Crippen molar-refractivity contribution < 1.29 is 13.2 Å². The summed E-state index contributed by atoms with van der Waals surface area (Å²) >= 11 is 1.20. The number of carbonyl (C=O) groups excluding carboxylic acids is 1. The fraction of sp³-hybridized carbons (Fsp3) is 0.421. The molecule has 0 radical (unpaired) electrons. The molecule has 0 saturated carbocycles. The van der Waals surface area contributed by atoms with Gasteiger partial charge in [-0.2, -0.15) is 4.31 Å². The highest BCUT2D eigenvalue weighted by atomic mass is 32.2. The van der Waals surface area contributed by atoms with Crippen molar-refractivity contribution in [3.05, 3.63) is 52.4 Å². The fourth-order valence-corrected chi connectivity index (χ4v) is 5.60. The Morgan fingerprint density at radius 1 is 1.11 bits per heavy atom. The second-order valence-electron chi connectivity index (χ2n) is 6.25. The number of urea groups is 1. The molecule has 2 amide bonds. The fourth-order valence-electron chi connectivity index (χ4n) is 2.70. The average molecular weight is 410 g/mol. The zero-order chi connectivity index (χ0) is 20.0. The molecule has 27 heavy (non-hydrogen) atoms. The number of nitrogens with zero attached hydrogens (tertiary/aromatic N) is 2. The van der Waals surface area contributed by atoms with Crippen LogP contribution in [0.2, 0.25) is 0 Å². The molecule has 0 unspecified atom stereocenters. The summed E-state index contributed by atoms with van der Waals surface area (Å²) < 4.78 is 26.8. The van der Waals surface area contributed by atoms with Gasteiger partial charge in [0, 0.05) is 31.6 Å². The molecule has 1 heterocycles. The van der Waals surface area contributed by atoms with E-state index in [1.165, 1.54) is 15.6 Å². The van der Waals surface area contributed by atoms with E-state index in [2.05, 4.69) is 5.32 Å². The number of sulfonamides is 1. The van der Waals surface area contributed by atoms with Gasteiger partial charge in [-0.25, -0.2) is 13.2 Å². The first-order chi connectivity index (χ1) is 12.8. The lowest BCUT2D eigenvalue weighted by atomic mass is 10.1. The van der Waals surface area contributed by atoms with Gasteiger partial charge in [0.25, 0.3) is 10.0 Å². The Hall–Kier alpha value is -1.90. The molecule has 0 saturated heterocycles. The van der Waals surface area contributed by atoms with Gasteiger partial charge in [0.15, 0.2) is 0 Å².